The minimum absolute atomic E-state index is 0.0707. The number of anilines is 1. The van der Waals surface area contributed by atoms with E-state index in [9.17, 15) is 4.79 Å². The normalized spacial score (nSPS) is 19.0. The summed E-state index contributed by atoms with van der Waals surface area (Å²) in [7, 11) is 1.60. The van der Waals surface area contributed by atoms with Gasteiger partial charge in [0.25, 0.3) is 0 Å². The first-order valence-electron chi connectivity index (χ1n) is 9.68. The van der Waals surface area contributed by atoms with Crippen LogP contribution in [0.3, 0.4) is 0 Å². The van der Waals surface area contributed by atoms with Gasteiger partial charge in [0, 0.05) is 18.0 Å². The lowest BCUT2D eigenvalue weighted by molar-refractivity contribution is -0.118. The Morgan fingerprint density at radius 1 is 1.33 bits per heavy atom. The number of ether oxygens (including phenoxy) is 1. The summed E-state index contributed by atoms with van der Waals surface area (Å²) in [6.07, 6.45) is 10.0. The Morgan fingerprint density at radius 3 is 2.67 bits per heavy atom. The molecule has 3 N–H and O–H groups in total. The third kappa shape index (κ3) is 3.83. The van der Waals surface area contributed by atoms with Gasteiger partial charge in [-0.2, -0.15) is 5.10 Å². The maximum atomic E-state index is 12.7. The molecule has 2 aromatic rings. The number of carbonyl (C=O) groups excluding carboxylic acids is 1. The van der Waals surface area contributed by atoms with Crippen LogP contribution in [0.15, 0.2) is 30.7 Å². The van der Waals surface area contributed by atoms with E-state index in [1.807, 2.05) is 25.3 Å². The number of pyridine rings is 1. The van der Waals surface area contributed by atoms with Crippen molar-refractivity contribution in [2.45, 2.75) is 44.7 Å². The standard InChI is InChI=1S/C20H27N5O2/c1-12(16-4-3-9-22-20(16)27-2)25-11-15(10-23-25)24-19(26)18(21)17(13-5-6-13)14-7-8-14/h3-4,9-14,17-18H,5-8,21H2,1-2H3,(H,24,26). The molecule has 4 rings (SSSR count). The highest BCUT2D eigenvalue weighted by Crippen LogP contribution is 2.50. The van der Waals surface area contributed by atoms with Gasteiger partial charge < -0.3 is 15.8 Å². The number of hydrogen-bond donors (Lipinski definition) is 2. The average molecular weight is 369 g/mol. The molecule has 2 fully saturated rings. The predicted molar refractivity (Wildman–Crippen MR) is 102 cm³/mol. The number of nitrogens with one attached hydrogen (secondary N) is 1. The SMILES string of the molecule is COc1ncccc1C(C)n1cc(NC(=O)C(N)C(C2CC2)C2CC2)cn1. The maximum absolute atomic E-state index is 12.7. The molecule has 0 saturated heterocycles. The van der Waals surface area contributed by atoms with Crippen LogP contribution in [-0.2, 0) is 4.79 Å². The molecular weight excluding hydrogens is 342 g/mol. The molecule has 0 aromatic carbocycles. The van der Waals surface area contributed by atoms with Gasteiger partial charge >= 0.3 is 0 Å². The van der Waals surface area contributed by atoms with Crippen LogP contribution in [0.1, 0.15) is 44.2 Å². The maximum Gasteiger partial charge on any atom is 0.241 e. The van der Waals surface area contributed by atoms with E-state index in [2.05, 4.69) is 15.4 Å². The molecule has 2 heterocycles. The van der Waals surface area contributed by atoms with Crippen molar-refractivity contribution in [1.82, 2.24) is 14.8 Å². The lowest BCUT2D eigenvalue weighted by Crippen LogP contribution is -2.43. The first kappa shape index (κ1) is 18.0. The smallest absolute Gasteiger partial charge is 0.241 e. The van der Waals surface area contributed by atoms with Crippen molar-refractivity contribution >= 4 is 11.6 Å². The van der Waals surface area contributed by atoms with Crippen LogP contribution in [0.25, 0.3) is 0 Å². The lowest BCUT2D eigenvalue weighted by Gasteiger charge is -2.22. The number of rotatable bonds is 8. The number of hydrogen-bond acceptors (Lipinski definition) is 5. The molecule has 1 amide bonds. The average Bonchev–Trinajstić information content (AvgIpc) is 3.62. The summed E-state index contributed by atoms with van der Waals surface area (Å²) in [6, 6.07) is 3.32. The van der Waals surface area contributed by atoms with Crippen molar-refractivity contribution in [1.29, 1.82) is 0 Å². The second-order valence-corrected chi connectivity index (χ2v) is 7.75. The predicted octanol–water partition coefficient (Wildman–Crippen LogP) is 2.60. The first-order chi connectivity index (χ1) is 13.1. The Morgan fingerprint density at radius 2 is 2.04 bits per heavy atom. The minimum atomic E-state index is -0.441. The summed E-state index contributed by atoms with van der Waals surface area (Å²) >= 11 is 0. The summed E-state index contributed by atoms with van der Waals surface area (Å²) in [6.45, 7) is 2.01. The molecule has 7 nitrogen and oxygen atoms in total. The largest absolute Gasteiger partial charge is 0.481 e. The van der Waals surface area contributed by atoms with Crippen LogP contribution in [0.5, 0.6) is 5.88 Å². The summed E-state index contributed by atoms with van der Waals surface area (Å²) in [5.74, 6) is 2.08. The fraction of sp³-hybridized carbons (Fsp3) is 0.550. The van der Waals surface area contributed by atoms with Crippen LogP contribution in [0.4, 0.5) is 5.69 Å². The third-order valence-corrected chi connectivity index (χ3v) is 5.76. The number of carbonyl (C=O) groups is 1. The van der Waals surface area contributed by atoms with E-state index < -0.39 is 6.04 Å². The molecule has 2 aliphatic carbocycles. The highest BCUT2D eigenvalue weighted by Gasteiger charge is 2.46. The Hall–Kier alpha value is -2.41. The van der Waals surface area contributed by atoms with Gasteiger partial charge in [0.2, 0.25) is 11.8 Å². The molecule has 144 valence electrons. The Balaban J connectivity index is 1.43. The number of aromatic nitrogens is 3. The highest BCUT2D eigenvalue weighted by molar-refractivity contribution is 5.94. The van der Waals surface area contributed by atoms with E-state index in [1.165, 1.54) is 25.7 Å². The number of methoxy groups -OCH3 is 1. The first-order valence-corrected chi connectivity index (χ1v) is 9.68. The van der Waals surface area contributed by atoms with Crippen molar-refractivity contribution < 1.29 is 9.53 Å². The van der Waals surface area contributed by atoms with Crippen molar-refractivity contribution in [2.75, 3.05) is 12.4 Å². The second kappa shape index (κ2) is 7.31. The lowest BCUT2D eigenvalue weighted by atomic mass is 9.89. The Labute approximate surface area is 159 Å². The van der Waals surface area contributed by atoms with Gasteiger partial charge in [-0.25, -0.2) is 4.98 Å². The second-order valence-electron chi connectivity index (χ2n) is 7.75. The van der Waals surface area contributed by atoms with Crippen molar-refractivity contribution in [3.05, 3.63) is 36.3 Å². The van der Waals surface area contributed by atoms with Gasteiger partial charge in [0.05, 0.1) is 31.1 Å². The fourth-order valence-corrected chi connectivity index (χ4v) is 3.98. The molecular formula is C20H27N5O2. The topological polar surface area (TPSA) is 95.1 Å². The van der Waals surface area contributed by atoms with Gasteiger partial charge in [0.1, 0.15) is 0 Å². The number of nitrogens with zero attached hydrogens (tertiary/aromatic N) is 3. The number of nitrogens with two attached hydrogens (primary N) is 1. The Kier molecular flexibility index (Phi) is 4.86. The van der Waals surface area contributed by atoms with Crippen LogP contribution in [0, 0.1) is 17.8 Å². The quantitative estimate of drug-likeness (QED) is 0.746. The molecule has 2 atom stereocenters. The summed E-state index contributed by atoms with van der Waals surface area (Å²) in [4.78, 5) is 16.9. The van der Waals surface area contributed by atoms with E-state index in [0.717, 1.165) is 5.56 Å². The summed E-state index contributed by atoms with van der Waals surface area (Å²) < 4.78 is 7.13. The molecule has 2 aliphatic rings. The molecule has 2 unspecified atom stereocenters. The van der Waals surface area contributed by atoms with E-state index in [1.54, 1.807) is 24.2 Å². The molecule has 2 saturated carbocycles. The van der Waals surface area contributed by atoms with Gasteiger partial charge in [-0.05, 0) is 62.5 Å². The molecule has 7 heteroatoms. The van der Waals surface area contributed by atoms with Gasteiger partial charge in [-0.15, -0.1) is 0 Å². The van der Waals surface area contributed by atoms with Gasteiger partial charge in [-0.3, -0.25) is 9.48 Å². The van der Waals surface area contributed by atoms with Crippen molar-refractivity contribution in [2.24, 2.45) is 23.5 Å². The van der Waals surface area contributed by atoms with Crippen molar-refractivity contribution in [3.8, 4) is 5.88 Å². The molecule has 0 bridgehead atoms. The minimum Gasteiger partial charge on any atom is -0.481 e. The van der Waals surface area contributed by atoms with Crippen LogP contribution < -0.4 is 15.8 Å². The van der Waals surface area contributed by atoms with E-state index in [-0.39, 0.29) is 11.9 Å². The molecule has 2 aromatic heterocycles. The van der Waals surface area contributed by atoms with Crippen LogP contribution in [0.2, 0.25) is 0 Å². The number of amides is 1. The molecule has 0 radical (unpaired) electrons. The highest BCUT2D eigenvalue weighted by atomic mass is 16.5. The zero-order valence-corrected chi connectivity index (χ0v) is 15.8. The zero-order chi connectivity index (χ0) is 19.0. The van der Waals surface area contributed by atoms with E-state index in [0.29, 0.717) is 29.3 Å². The van der Waals surface area contributed by atoms with Gasteiger partial charge in [-0.1, -0.05) is 0 Å². The molecule has 0 aliphatic heterocycles. The van der Waals surface area contributed by atoms with Crippen LogP contribution >= 0.6 is 0 Å². The van der Waals surface area contributed by atoms with Gasteiger partial charge in [0.15, 0.2) is 0 Å². The van der Waals surface area contributed by atoms with E-state index in [4.69, 9.17) is 10.5 Å². The third-order valence-electron chi connectivity index (χ3n) is 5.76. The summed E-state index contributed by atoms with van der Waals surface area (Å²) in [5, 5.41) is 7.35. The Bertz CT molecular complexity index is 800. The fourth-order valence-electron chi connectivity index (χ4n) is 3.98. The van der Waals surface area contributed by atoms with E-state index >= 15 is 0 Å². The zero-order valence-electron chi connectivity index (χ0n) is 15.8. The molecule has 27 heavy (non-hydrogen) atoms. The molecule has 0 spiro atoms. The monoisotopic (exact) mass is 369 g/mol. The van der Waals surface area contributed by atoms with Crippen molar-refractivity contribution in [3.63, 3.8) is 0 Å². The summed E-state index contributed by atoms with van der Waals surface area (Å²) in [5.41, 5.74) is 7.92. The van der Waals surface area contributed by atoms with Crippen LogP contribution in [-0.4, -0.2) is 33.8 Å².